The van der Waals surface area contributed by atoms with E-state index in [2.05, 4.69) is 0 Å². The van der Waals surface area contributed by atoms with Crippen LogP contribution in [0, 0.1) is 5.21 Å². The average Bonchev–Trinajstić information content (AvgIpc) is 2.57. The molecule has 2 aliphatic rings. The molecule has 2 amide bonds. The van der Waals surface area contributed by atoms with Crippen molar-refractivity contribution in [2.75, 3.05) is 6.61 Å². The van der Waals surface area contributed by atoms with E-state index in [-0.39, 0.29) is 5.17 Å². The van der Waals surface area contributed by atoms with E-state index in [1.165, 1.54) is 0 Å². The summed E-state index contributed by atoms with van der Waals surface area (Å²) in [6, 6.07) is -0.794. The Kier molecular flexibility index (Phi) is 3.17. The predicted molar refractivity (Wildman–Crippen MR) is 52.5 cm³/mol. The van der Waals surface area contributed by atoms with E-state index >= 15 is 0 Å². The number of amides is 2. The zero-order valence-corrected chi connectivity index (χ0v) is 8.63. The first-order valence-corrected chi connectivity index (χ1v) is 4.90. The van der Waals surface area contributed by atoms with Crippen molar-refractivity contribution in [2.45, 2.75) is 24.5 Å². The van der Waals surface area contributed by atoms with Crippen LogP contribution in [0.4, 0.5) is 4.79 Å². The van der Waals surface area contributed by atoms with E-state index in [1.54, 1.807) is 0 Å². The Morgan fingerprint density at radius 2 is 2.12 bits per heavy atom. The molecule has 1 fully saturated rings. The molecule has 2 rings (SSSR count). The molecule has 4 unspecified atom stereocenters. The van der Waals surface area contributed by atoms with Gasteiger partial charge >= 0.3 is 6.03 Å². The lowest BCUT2D eigenvalue weighted by Gasteiger charge is -2.37. The van der Waals surface area contributed by atoms with Gasteiger partial charge in [0.05, 0.1) is 6.61 Å². The summed E-state index contributed by atoms with van der Waals surface area (Å²) < 4.78 is 5.12. The lowest BCUT2D eigenvalue weighted by molar-refractivity contribution is -0.0680. The number of rotatable bonds is 2. The molecule has 0 bridgehead atoms. The zero-order chi connectivity index (χ0) is 12.6. The fraction of sp³-hybridized carbons (Fsp3) is 0.625. The quantitative estimate of drug-likeness (QED) is 0.429. The van der Waals surface area contributed by atoms with Crippen LogP contribution in [0.1, 0.15) is 0 Å². The van der Waals surface area contributed by atoms with Gasteiger partial charge in [0.1, 0.15) is 18.3 Å². The molecule has 0 radical (unpaired) electrons. The highest BCUT2D eigenvalue weighted by Gasteiger charge is 2.46. The second-order valence-electron chi connectivity index (χ2n) is 3.68. The molecule has 0 aromatic rings. The standard InChI is InChI=1S/C8H12N3O6/c12-3-4-5(13)6(14)7(17-4)10-1-2-11(16)9-8(10)15/h1-2,4-7,12-14H,3H2,(H,9,15)/q-1. The number of carbonyl (C=O) groups is 1. The second kappa shape index (κ2) is 4.47. The molecule has 2 aliphatic heterocycles. The van der Waals surface area contributed by atoms with Crippen molar-refractivity contribution < 1.29 is 24.9 Å². The molecule has 9 nitrogen and oxygen atoms in total. The smallest absolute Gasteiger partial charge is 0.341 e. The van der Waals surface area contributed by atoms with Crippen LogP contribution in [-0.4, -0.2) is 62.6 Å². The van der Waals surface area contributed by atoms with Crippen molar-refractivity contribution in [2.24, 2.45) is 0 Å². The van der Waals surface area contributed by atoms with E-state index in [9.17, 15) is 20.2 Å². The van der Waals surface area contributed by atoms with Crippen LogP contribution >= 0.6 is 0 Å². The summed E-state index contributed by atoms with van der Waals surface area (Å²) in [6.45, 7) is -0.485. The van der Waals surface area contributed by atoms with Crippen LogP contribution in [-0.2, 0) is 4.74 Å². The van der Waals surface area contributed by atoms with Gasteiger partial charge in [-0.05, 0) is 0 Å². The van der Waals surface area contributed by atoms with Gasteiger partial charge in [0.25, 0.3) is 0 Å². The van der Waals surface area contributed by atoms with E-state index in [4.69, 9.17) is 9.84 Å². The van der Waals surface area contributed by atoms with Crippen LogP contribution in [0.2, 0.25) is 0 Å². The Morgan fingerprint density at radius 3 is 2.65 bits per heavy atom. The molecule has 1 saturated heterocycles. The fourth-order valence-corrected chi connectivity index (χ4v) is 1.70. The average molecular weight is 246 g/mol. The Bertz CT molecular complexity index is 337. The van der Waals surface area contributed by atoms with Crippen molar-refractivity contribution in [3.8, 4) is 0 Å². The van der Waals surface area contributed by atoms with Crippen molar-refractivity contribution in [1.29, 1.82) is 0 Å². The first kappa shape index (κ1) is 12.1. The maximum atomic E-state index is 11.4. The molecule has 17 heavy (non-hydrogen) atoms. The largest absolute Gasteiger partial charge is 0.739 e. The number of nitrogens with one attached hydrogen (secondary N) is 1. The summed E-state index contributed by atoms with van der Waals surface area (Å²) in [5, 5.41) is 39.0. The number of ether oxygens (including phenoxy) is 1. The molecule has 96 valence electrons. The molecular formula is C8H12N3O6-. The molecule has 4 atom stereocenters. The number of hydrogen-bond acceptors (Lipinski definition) is 7. The number of hydroxylamine groups is 1. The molecule has 2 heterocycles. The summed E-state index contributed by atoms with van der Waals surface area (Å²) in [4.78, 5) is 12.4. The van der Waals surface area contributed by atoms with E-state index in [0.717, 1.165) is 17.3 Å². The highest BCUT2D eigenvalue weighted by atomic mass is 16.6. The topological polar surface area (TPSA) is 129 Å². The van der Waals surface area contributed by atoms with Gasteiger partial charge in [-0.15, -0.1) is 0 Å². The number of hydrazine groups is 1. The number of hydrogen-bond donors (Lipinski definition) is 4. The Balaban J connectivity index is 2.13. The fourth-order valence-electron chi connectivity index (χ4n) is 1.70. The molecule has 0 spiro atoms. The number of carbonyl (C=O) groups excluding carboxylic acids is 1. The van der Waals surface area contributed by atoms with E-state index in [1.807, 2.05) is 5.43 Å². The Hall–Kier alpha value is -1.39. The normalized spacial score (nSPS) is 37.5. The molecule has 4 N–H and O–H groups in total. The van der Waals surface area contributed by atoms with Gasteiger partial charge < -0.3 is 30.4 Å². The third kappa shape index (κ3) is 2.06. The van der Waals surface area contributed by atoms with Crippen LogP contribution < -0.4 is 5.43 Å². The van der Waals surface area contributed by atoms with Crippen molar-refractivity contribution in [3.63, 3.8) is 0 Å². The minimum atomic E-state index is -1.36. The number of urea groups is 1. The third-order valence-corrected chi connectivity index (χ3v) is 2.59. The van der Waals surface area contributed by atoms with E-state index < -0.39 is 37.2 Å². The molecule has 9 heteroatoms. The number of aliphatic hydroxyl groups excluding tert-OH is 3. The Morgan fingerprint density at radius 1 is 1.41 bits per heavy atom. The molecule has 0 aliphatic carbocycles. The van der Waals surface area contributed by atoms with Crippen molar-refractivity contribution in [1.82, 2.24) is 15.5 Å². The van der Waals surface area contributed by atoms with Gasteiger partial charge in [-0.1, -0.05) is 0 Å². The second-order valence-corrected chi connectivity index (χ2v) is 3.68. The third-order valence-electron chi connectivity index (χ3n) is 2.59. The van der Waals surface area contributed by atoms with Crippen LogP contribution in [0.3, 0.4) is 0 Å². The summed E-state index contributed by atoms with van der Waals surface area (Å²) in [5.74, 6) is 0. The van der Waals surface area contributed by atoms with Crippen molar-refractivity contribution in [3.05, 3.63) is 17.6 Å². The van der Waals surface area contributed by atoms with Crippen LogP contribution in [0.5, 0.6) is 0 Å². The van der Waals surface area contributed by atoms with Crippen molar-refractivity contribution >= 4 is 6.03 Å². The minimum absolute atomic E-state index is 0.195. The van der Waals surface area contributed by atoms with Gasteiger partial charge in [0, 0.05) is 12.4 Å². The predicted octanol–water partition coefficient (Wildman–Crippen LogP) is -2.36. The number of nitrogens with zero attached hydrogens (tertiary/aromatic N) is 2. The monoisotopic (exact) mass is 246 g/mol. The highest BCUT2D eigenvalue weighted by molar-refractivity contribution is 5.76. The number of aliphatic hydroxyl groups is 3. The first-order chi connectivity index (χ1) is 8.04. The van der Waals surface area contributed by atoms with E-state index in [0.29, 0.717) is 0 Å². The van der Waals surface area contributed by atoms with Gasteiger partial charge in [0.15, 0.2) is 6.23 Å². The highest BCUT2D eigenvalue weighted by Crippen LogP contribution is 2.25. The maximum absolute atomic E-state index is 11.4. The first-order valence-electron chi connectivity index (χ1n) is 4.90. The zero-order valence-electron chi connectivity index (χ0n) is 8.63. The minimum Gasteiger partial charge on any atom is -0.739 e. The SMILES string of the molecule is O=C1NN([O-])C=CN1C1OC(CO)C(O)C1O. The van der Waals surface area contributed by atoms with Crippen LogP contribution in [0.15, 0.2) is 12.4 Å². The summed E-state index contributed by atoms with van der Waals surface area (Å²) in [5.41, 5.74) is 1.92. The van der Waals surface area contributed by atoms with Gasteiger partial charge in [0.2, 0.25) is 0 Å². The lowest BCUT2D eigenvalue weighted by atomic mass is 10.1. The van der Waals surface area contributed by atoms with Gasteiger partial charge in [-0.3, -0.25) is 10.3 Å². The molecule has 0 saturated carbocycles. The molecular weight excluding hydrogens is 234 g/mol. The summed E-state index contributed by atoms with van der Waals surface area (Å²) >= 11 is 0. The molecule has 0 aromatic carbocycles. The summed E-state index contributed by atoms with van der Waals surface area (Å²) in [6.07, 6.45) is -2.65. The van der Waals surface area contributed by atoms with Gasteiger partial charge in [-0.25, -0.2) is 4.79 Å². The maximum Gasteiger partial charge on any atom is 0.341 e. The molecule has 0 aromatic heterocycles. The lowest BCUT2D eigenvalue weighted by Crippen LogP contribution is -2.53. The Labute approximate surface area is 96.0 Å². The van der Waals surface area contributed by atoms with Crippen LogP contribution in [0.25, 0.3) is 0 Å². The van der Waals surface area contributed by atoms with Gasteiger partial charge in [-0.2, -0.15) is 0 Å². The summed E-state index contributed by atoms with van der Waals surface area (Å²) in [7, 11) is 0.